The summed E-state index contributed by atoms with van der Waals surface area (Å²) < 4.78 is 75.9. The Balaban J connectivity index is 1.63. The van der Waals surface area contributed by atoms with Gasteiger partial charge in [0.15, 0.2) is 0 Å². The van der Waals surface area contributed by atoms with Gasteiger partial charge < -0.3 is 9.47 Å². The molecule has 1 heterocycles. The van der Waals surface area contributed by atoms with Crippen LogP contribution in [0.2, 0.25) is 0 Å². The van der Waals surface area contributed by atoms with Gasteiger partial charge in [-0.1, -0.05) is 56.3 Å². The van der Waals surface area contributed by atoms with Gasteiger partial charge in [0.1, 0.15) is 23.5 Å². The molecule has 38 heavy (non-hydrogen) atoms. The van der Waals surface area contributed by atoms with Crippen LogP contribution < -0.4 is 4.74 Å². The molecule has 0 radical (unpaired) electrons. The highest BCUT2D eigenvalue weighted by Crippen LogP contribution is 2.39. The number of halogens is 5. The Kier molecular flexibility index (Phi) is 7.85. The van der Waals surface area contributed by atoms with Crippen molar-refractivity contribution in [2.45, 2.75) is 45.7 Å². The molecule has 0 saturated heterocycles. The van der Waals surface area contributed by atoms with E-state index in [1.54, 1.807) is 31.2 Å². The maximum Gasteiger partial charge on any atom is 0.573 e. The summed E-state index contributed by atoms with van der Waals surface area (Å²) in [7, 11) is 0. The number of rotatable bonds is 7. The lowest BCUT2D eigenvalue weighted by Gasteiger charge is -2.22. The monoisotopic (exact) mass is 531 g/mol. The minimum atomic E-state index is -4.78. The number of carbonyl (C=O) groups excluding carboxylic acids is 1. The van der Waals surface area contributed by atoms with Crippen LogP contribution in [0.1, 0.15) is 44.4 Å². The van der Waals surface area contributed by atoms with Crippen LogP contribution in [0.15, 0.2) is 71.7 Å². The zero-order valence-corrected chi connectivity index (χ0v) is 20.9. The van der Waals surface area contributed by atoms with E-state index in [1.165, 1.54) is 30.3 Å². The van der Waals surface area contributed by atoms with Gasteiger partial charge in [0.2, 0.25) is 0 Å². The SMILES string of the molecule is CC(C)C(C)OC(=O)[C@H]1CC(c2c(F)cccc2F)=NC1c1ccc(-c2ccc(OC(F)(F)F)cc2)cc1. The van der Waals surface area contributed by atoms with Crippen molar-refractivity contribution in [3.05, 3.63) is 89.5 Å². The number of hydrogen-bond acceptors (Lipinski definition) is 4. The maximum absolute atomic E-state index is 14.5. The van der Waals surface area contributed by atoms with E-state index < -0.39 is 35.9 Å². The van der Waals surface area contributed by atoms with Crippen LogP contribution >= 0.6 is 0 Å². The fraction of sp³-hybridized carbons (Fsp3) is 0.310. The molecular weight excluding hydrogens is 505 g/mol. The minimum absolute atomic E-state index is 0.00852. The molecule has 3 atom stereocenters. The molecule has 1 aliphatic rings. The summed E-state index contributed by atoms with van der Waals surface area (Å²) >= 11 is 0. The van der Waals surface area contributed by atoms with Gasteiger partial charge in [0, 0.05) is 12.1 Å². The van der Waals surface area contributed by atoms with Gasteiger partial charge in [-0.3, -0.25) is 9.79 Å². The molecule has 2 unspecified atom stereocenters. The second kappa shape index (κ2) is 10.9. The van der Waals surface area contributed by atoms with Gasteiger partial charge in [-0.25, -0.2) is 8.78 Å². The van der Waals surface area contributed by atoms with Crippen LogP contribution in [0, 0.1) is 23.5 Å². The molecule has 200 valence electrons. The highest BCUT2D eigenvalue weighted by atomic mass is 19.4. The first-order chi connectivity index (χ1) is 17.9. The lowest BCUT2D eigenvalue weighted by Crippen LogP contribution is -2.28. The van der Waals surface area contributed by atoms with Crippen molar-refractivity contribution in [3.63, 3.8) is 0 Å². The lowest BCUT2D eigenvalue weighted by molar-refractivity contribution is -0.274. The Morgan fingerprint density at radius 2 is 1.45 bits per heavy atom. The van der Waals surface area contributed by atoms with Crippen LogP contribution in [-0.4, -0.2) is 24.1 Å². The highest BCUT2D eigenvalue weighted by Gasteiger charge is 2.39. The van der Waals surface area contributed by atoms with Gasteiger partial charge in [-0.05, 0) is 53.8 Å². The standard InChI is InChI=1S/C29H26F5NO3/c1-16(2)17(3)37-28(36)22-15-25(26-23(30)5-4-6-24(26)31)35-27(22)20-9-7-18(8-10-20)19-11-13-21(14-12-19)38-29(32,33)34/h4-14,16-17,22,27H,15H2,1-3H3/t17?,22-,27?/m0/s1. The van der Waals surface area contributed by atoms with Gasteiger partial charge in [0.25, 0.3) is 0 Å². The number of hydrogen-bond donors (Lipinski definition) is 0. The summed E-state index contributed by atoms with van der Waals surface area (Å²) in [5, 5.41) is 0. The maximum atomic E-state index is 14.5. The summed E-state index contributed by atoms with van der Waals surface area (Å²) in [6, 6.07) is 15.2. The van der Waals surface area contributed by atoms with Crippen LogP contribution in [0.4, 0.5) is 22.0 Å². The first kappa shape index (κ1) is 27.3. The van der Waals surface area contributed by atoms with Crippen molar-refractivity contribution in [1.29, 1.82) is 0 Å². The summed E-state index contributed by atoms with van der Waals surface area (Å²) in [6.07, 6.45) is -5.13. The normalized spacial score (nSPS) is 18.3. The van der Waals surface area contributed by atoms with Gasteiger partial charge >= 0.3 is 12.3 Å². The van der Waals surface area contributed by atoms with Crippen LogP contribution in [0.5, 0.6) is 5.75 Å². The zero-order chi connectivity index (χ0) is 27.6. The number of carbonyl (C=O) groups is 1. The number of benzene rings is 3. The van der Waals surface area contributed by atoms with E-state index in [4.69, 9.17) is 4.74 Å². The molecule has 9 heteroatoms. The van der Waals surface area contributed by atoms with E-state index in [1.807, 2.05) is 13.8 Å². The van der Waals surface area contributed by atoms with Crippen molar-refractivity contribution < 1.29 is 36.2 Å². The quantitative estimate of drug-likeness (QED) is 0.232. The molecule has 1 aliphatic heterocycles. The predicted octanol–water partition coefficient (Wildman–Crippen LogP) is 7.67. The molecule has 0 amide bonds. The third-order valence-corrected chi connectivity index (χ3v) is 6.56. The summed E-state index contributed by atoms with van der Waals surface area (Å²) in [5.74, 6) is -3.06. The average Bonchev–Trinajstić information content (AvgIpc) is 3.28. The summed E-state index contributed by atoms with van der Waals surface area (Å²) in [6.45, 7) is 5.62. The Hall–Kier alpha value is -3.75. The van der Waals surface area contributed by atoms with E-state index >= 15 is 0 Å². The fourth-order valence-electron chi connectivity index (χ4n) is 4.22. The first-order valence-corrected chi connectivity index (χ1v) is 12.1. The van der Waals surface area contributed by atoms with E-state index in [2.05, 4.69) is 9.73 Å². The summed E-state index contributed by atoms with van der Waals surface area (Å²) in [5.41, 5.74) is 1.88. The van der Waals surface area contributed by atoms with E-state index in [-0.39, 0.29) is 35.5 Å². The Labute approximate surface area is 217 Å². The molecule has 0 aromatic heterocycles. The third-order valence-electron chi connectivity index (χ3n) is 6.56. The Morgan fingerprint density at radius 1 is 0.895 bits per heavy atom. The van der Waals surface area contributed by atoms with Crippen molar-refractivity contribution >= 4 is 11.7 Å². The number of aliphatic imine (C=N–C) groups is 1. The second-order valence-corrected chi connectivity index (χ2v) is 9.51. The predicted molar refractivity (Wildman–Crippen MR) is 133 cm³/mol. The summed E-state index contributed by atoms with van der Waals surface area (Å²) in [4.78, 5) is 17.7. The molecule has 4 nitrogen and oxygen atoms in total. The van der Waals surface area contributed by atoms with Crippen molar-refractivity contribution in [2.24, 2.45) is 16.8 Å². The molecule has 0 aliphatic carbocycles. The molecule has 0 spiro atoms. The van der Waals surface area contributed by atoms with Gasteiger partial charge in [0.05, 0.1) is 17.5 Å². The lowest BCUT2D eigenvalue weighted by atomic mass is 9.90. The van der Waals surface area contributed by atoms with E-state index in [0.717, 1.165) is 12.1 Å². The van der Waals surface area contributed by atoms with Gasteiger partial charge in [-0.2, -0.15) is 0 Å². The molecule has 0 N–H and O–H groups in total. The molecular formula is C29H26F5NO3. The number of esters is 1. The third kappa shape index (κ3) is 6.20. The second-order valence-electron chi connectivity index (χ2n) is 9.51. The van der Waals surface area contributed by atoms with E-state index in [0.29, 0.717) is 16.7 Å². The number of nitrogens with zero attached hydrogens (tertiary/aromatic N) is 1. The van der Waals surface area contributed by atoms with Crippen molar-refractivity contribution in [3.8, 4) is 16.9 Å². The van der Waals surface area contributed by atoms with Gasteiger partial charge in [-0.15, -0.1) is 13.2 Å². The average molecular weight is 532 g/mol. The zero-order valence-electron chi connectivity index (χ0n) is 20.9. The fourth-order valence-corrected chi connectivity index (χ4v) is 4.22. The first-order valence-electron chi connectivity index (χ1n) is 12.1. The highest BCUT2D eigenvalue weighted by molar-refractivity contribution is 6.04. The molecule has 0 saturated carbocycles. The number of alkyl halides is 3. The van der Waals surface area contributed by atoms with E-state index in [9.17, 15) is 26.7 Å². The smallest absolute Gasteiger partial charge is 0.462 e. The van der Waals surface area contributed by atoms with Crippen molar-refractivity contribution in [2.75, 3.05) is 0 Å². The topological polar surface area (TPSA) is 47.9 Å². The Morgan fingerprint density at radius 3 is 1.97 bits per heavy atom. The number of ether oxygens (including phenoxy) is 2. The molecule has 3 aromatic carbocycles. The Bertz CT molecular complexity index is 1300. The molecule has 0 bridgehead atoms. The van der Waals surface area contributed by atoms with Crippen LogP contribution in [0.3, 0.4) is 0 Å². The van der Waals surface area contributed by atoms with Crippen LogP contribution in [-0.2, 0) is 9.53 Å². The molecule has 0 fully saturated rings. The largest absolute Gasteiger partial charge is 0.573 e. The minimum Gasteiger partial charge on any atom is -0.462 e. The molecule has 3 aromatic rings. The van der Waals surface area contributed by atoms with Crippen LogP contribution in [0.25, 0.3) is 11.1 Å². The van der Waals surface area contributed by atoms with Crippen molar-refractivity contribution in [1.82, 2.24) is 0 Å². The molecule has 4 rings (SSSR count).